The highest BCUT2D eigenvalue weighted by Crippen LogP contribution is 2.35. The zero-order chi connectivity index (χ0) is 18.5. The summed E-state index contributed by atoms with van der Waals surface area (Å²) in [6.07, 6.45) is 0. The summed E-state index contributed by atoms with van der Waals surface area (Å²) in [6, 6.07) is 7.25. The number of rotatable bonds is 4. The van der Waals surface area contributed by atoms with Gasteiger partial charge in [-0.05, 0) is 24.3 Å². The maximum atomic E-state index is 12.2. The zero-order valence-corrected chi connectivity index (χ0v) is 14.8. The van der Waals surface area contributed by atoms with E-state index < -0.39 is 0 Å². The van der Waals surface area contributed by atoms with E-state index in [-0.39, 0.29) is 12.7 Å². The lowest BCUT2D eigenvalue weighted by Crippen LogP contribution is -2.36. The quantitative estimate of drug-likeness (QED) is 0.779. The highest BCUT2D eigenvalue weighted by atomic mass is 16.7. The summed E-state index contributed by atoms with van der Waals surface area (Å²) in [6.45, 7) is 4.52. The van der Waals surface area contributed by atoms with E-state index in [1.807, 2.05) is 18.2 Å². The molecule has 2 aliphatic rings. The van der Waals surface area contributed by atoms with Crippen LogP contribution in [-0.4, -0.2) is 67.2 Å². The Morgan fingerprint density at radius 1 is 1.19 bits per heavy atom. The van der Waals surface area contributed by atoms with Crippen molar-refractivity contribution in [2.24, 2.45) is 0 Å². The number of amides is 1. The van der Waals surface area contributed by atoms with E-state index in [4.69, 9.17) is 14.2 Å². The maximum Gasteiger partial charge on any atom is 0.270 e. The molecule has 0 unspecified atom stereocenters. The Hall–Kier alpha value is -3.02. The van der Waals surface area contributed by atoms with Crippen LogP contribution in [-0.2, 0) is 4.74 Å². The molecule has 0 spiro atoms. The summed E-state index contributed by atoms with van der Waals surface area (Å²) in [5.74, 6) is 7.19. The third kappa shape index (κ3) is 4.22. The van der Waals surface area contributed by atoms with Crippen LogP contribution in [0.15, 0.2) is 24.3 Å². The minimum atomic E-state index is -0.241. The van der Waals surface area contributed by atoms with Gasteiger partial charge in [-0.25, -0.2) is 0 Å². The Labute approximate surface area is 156 Å². The molecule has 2 aromatic rings. The fourth-order valence-corrected chi connectivity index (χ4v) is 2.85. The number of H-pyrrole nitrogens is 1. The number of nitrogens with zero attached hydrogens (tertiary/aromatic N) is 2. The fourth-order valence-electron chi connectivity index (χ4n) is 2.85. The predicted octanol–water partition coefficient (Wildman–Crippen LogP) is 0.871. The van der Waals surface area contributed by atoms with Crippen molar-refractivity contribution in [2.45, 2.75) is 0 Å². The topological polar surface area (TPSA) is 88.7 Å². The number of aromatic amines is 1. The van der Waals surface area contributed by atoms with Crippen LogP contribution in [0.4, 0.5) is 0 Å². The predicted molar refractivity (Wildman–Crippen MR) is 97.5 cm³/mol. The van der Waals surface area contributed by atoms with E-state index >= 15 is 0 Å². The molecule has 27 heavy (non-hydrogen) atoms. The fraction of sp³-hybridized carbons (Fsp3) is 0.368. The number of nitrogens with one attached hydrogen (secondary N) is 2. The first-order valence-electron chi connectivity index (χ1n) is 8.79. The minimum Gasteiger partial charge on any atom is -0.454 e. The van der Waals surface area contributed by atoms with Crippen molar-refractivity contribution in [1.82, 2.24) is 20.4 Å². The van der Waals surface area contributed by atoms with Gasteiger partial charge in [-0.1, -0.05) is 11.8 Å². The van der Waals surface area contributed by atoms with Gasteiger partial charge in [-0.3, -0.25) is 14.8 Å². The van der Waals surface area contributed by atoms with Gasteiger partial charge in [0, 0.05) is 18.7 Å². The van der Waals surface area contributed by atoms with Crippen molar-refractivity contribution in [3.05, 3.63) is 30.0 Å². The highest BCUT2D eigenvalue weighted by molar-refractivity contribution is 5.93. The number of fused-ring (bicyclic) bond motifs is 1. The molecule has 8 nitrogen and oxygen atoms in total. The average Bonchev–Trinajstić information content (AvgIpc) is 3.37. The first-order chi connectivity index (χ1) is 13.3. The summed E-state index contributed by atoms with van der Waals surface area (Å²) < 4.78 is 16.0. The molecule has 1 aromatic carbocycles. The second kappa shape index (κ2) is 8.12. The van der Waals surface area contributed by atoms with Crippen LogP contribution in [0.5, 0.6) is 11.5 Å². The van der Waals surface area contributed by atoms with Crippen molar-refractivity contribution < 1.29 is 19.0 Å². The Kier molecular flexibility index (Phi) is 5.23. The number of morpholine rings is 1. The van der Waals surface area contributed by atoms with Gasteiger partial charge >= 0.3 is 0 Å². The smallest absolute Gasteiger partial charge is 0.270 e. The van der Waals surface area contributed by atoms with E-state index in [0.29, 0.717) is 36.0 Å². The second-order valence-electron chi connectivity index (χ2n) is 6.16. The molecule has 0 aliphatic carbocycles. The van der Waals surface area contributed by atoms with Gasteiger partial charge in [0.15, 0.2) is 11.5 Å². The summed E-state index contributed by atoms with van der Waals surface area (Å²) in [5.41, 5.74) is 1.90. The van der Waals surface area contributed by atoms with Crippen LogP contribution in [0.25, 0.3) is 11.3 Å². The molecule has 8 heteroatoms. The summed E-state index contributed by atoms with van der Waals surface area (Å²) in [5, 5.41) is 9.73. The van der Waals surface area contributed by atoms with Crippen LogP contribution in [0.1, 0.15) is 10.5 Å². The average molecular weight is 368 g/mol. The van der Waals surface area contributed by atoms with Gasteiger partial charge in [0.1, 0.15) is 5.69 Å². The van der Waals surface area contributed by atoms with Gasteiger partial charge in [0.05, 0.1) is 32.0 Å². The molecule has 140 valence electrons. The normalized spacial score (nSPS) is 15.9. The highest BCUT2D eigenvalue weighted by Gasteiger charge is 2.16. The van der Waals surface area contributed by atoms with E-state index in [9.17, 15) is 4.79 Å². The van der Waals surface area contributed by atoms with E-state index in [1.54, 1.807) is 6.07 Å². The third-order valence-corrected chi connectivity index (χ3v) is 4.36. The first kappa shape index (κ1) is 17.4. The van der Waals surface area contributed by atoms with Crippen molar-refractivity contribution in [3.8, 4) is 34.6 Å². The SMILES string of the molecule is O=C(NCC#CCN1CCOCC1)c1cc(-c2ccc3c(c2)OCO3)n[nH]1. The molecule has 1 amide bonds. The van der Waals surface area contributed by atoms with E-state index in [2.05, 4.69) is 32.3 Å². The molecule has 4 rings (SSSR count). The second-order valence-corrected chi connectivity index (χ2v) is 6.16. The van der Waals surface area contributed by atoms with Crippen LogP contribution in [0.3, 0.4) is 0 Å². The van der Waals surface area contributed by atoms with Gasteiger partial charge in [-0.2, -0.15) is 5.10 Å². The molecule has 0 saturated carbocycles. The largest absolute Gasteiger partial charge is 0.454 e. The summed E-state index contributed by atoms with van der Waals surface area (Å²) in [4.78, 5) is 14.4. The van der Waals surface area contributed by atoms with Crippen molar-refractivity contribution in [1.29, 1.82) is 0 Å². The van der Waals surface area contributed by atoms with Gasteiger partial charge in [0.25, 0.3) is 5.91 Å². The maximum absolute atomic E-state index is 12.2. The number of carbonyl (C=O) groups is 1. The Bertz CT molecular complexity index is 877. The Morgan fingerprint density at radius 2 is 2.04 bits per heavy atom. The lowest BCUT2D eigenvalue weighted by atomic mass is 10.1. The van der Waals surface area contributed by atoms with E-state index in [0.717, 1.165) is 31.9 Å². The standard InChI is InChI=1S/C19H20N4O4/c24-19(20-5-1-2-6-23-7-9-25-10-8-23)16-12-15(21-22-16)14-3-4-17-18(11-14)27-13-26-17/h3-4,11-12H,5-10,13H2,(H,20,24)(H,21,22). The molecule has 2 N–H and O–H groups in total. The molecule has 2 aliphatic heterocycles. The first-order valence-corrected chi connectivity index (χ1v) is 8.79. The van der Waals surface area contributed by atoms with Crippen molar-refractivity contribution >= 4 is 5.91 Å². The third-order valence-electron chi connectivity index (χ3n) is 4.36. The molecule has 3 heterocycles. The molecule has 1 aromatic heterocycles. The molecular weight excluding hydrogens is 348 g/mol. The minimum absolute atomic E-state index is 0.222. The summed E-state index contributed by atoms with van der Waals surface area (Å²) >= 11 is 0. The van der Waals surface area contributed by atoms with Crippen LogP contribution in [0.2, 0.25) is 0 Å². The lowest BCUT2D eigenvalue weighted by Gasteiger charge is -2.24. The molecule has 0 atom stereocenters. The number of hydrogen-bond acceptors (Lipinski definition) is 6. The molecule has 0 bridgehead atoms. The monoisotopic (exact) mass is 368 g/mol. The number of ether oxygens (including phenoxy) is 3. The van der Waals surface area contributed by atoms with Crippen molar-refractivity contribution in [2.75, 3.05) is 46.2 Å². The molecule has 1 saturated heterocycles. The van der Waals surface area contributed by atoms with Gasteiger partial charge < -0.3 is 19.5 Å². The Morgan fingerprint density at radius 3 is 2.93 bits per heavy atom. The number of hydrogen-bond donors (Lipinski definition) is 2. The van der Waals surface area contributed by atoms with Gasteiger partial charge in [-0.15, -0.1) is 0 Å². The number of aromatic nitrogens is 2. The van der Waals surface area contributed by atoms with Crippen LogP contribution in [0, 0.1) is 11.8 Å². The zero-order valence-electron chi connectivity index (χ0n) is 14.8. The summed E-state index contributed by atoms with van der Waals surface area (Å²) in [7, 11) is 0. The number of carbonyl (C=O) groups excluding carboxylic acids is 1. The lowest BCUT2D eigenvalue weighted by molar-refractivity contribution is 0.0443. The van der Waals surface area contributed by atoms with Crippen molar-refractivity contribution in [3.63, 3.8) is 0 Å². The molecular formula is C19H20N4O4. The van der Waals surface area contributed by atoms with E-state index in [1.165, 1.54) is 0 Å². The van der Waals surface area contributed by atoms with Crippen LogP contribution < -0.4 is 14.8 Å². The molecule has 0 radical (unpaired) electrons. The van der Waals surface area contributed by atoms with Crippen LogP contribution >= 0.6 is 0 Å². The van der Waals surface area contributed by atoms with Gasteiger partial charge in [0.2, 0.25) is 6.79 Å². The number of benzene rings is 1. The Balaban J connectivity index is 1.30. The molecule has 1 fully saturated rings.